The van der Waals surface area contributed by atoms with Gasteiger partial charge in [0.25, 0.3) is 5.91 Å². The Labute approximate surface area is 118 Å². The summed E-state index contributed by atoms with van der Waals surface area (Å²) in [5.41, 5.74) is 6.72. The van der Waals surface area contributed by atoms with E-state index in [4.69, 9.17) is 5.73 Å². The van der Waals surface area contributed by atoms with Crippen LogP contribution in [0.5, 0.6) is 0 Å². The third-order valence-corrected chi connectivity index (χ3v) is 4.03. The minimum absolute atomic E-state index is 0.295. The Kier molecular flexibility index (Phi) is 3.46. The van der Waals surface area contributed by atoms with E-state index in [1.807, 2.05) is 41.1 Å². The van der Waals surface area contributed by atoms with E-state index in [-0.39, 0.29) is 5.91 Å². The Balaban J connectivity index is 1.96. The Morgan fingerprint density at radius 2 is 1.85 bits per heavy atom. The molecule has 1 aliphatic rings. The molecule has 0 bridgehead atoms. The van der Waals surface area contributed by atoms with Gasteiger partial charge in [0.05, 0.1) is 0 Å². The van der Waals surface area contributed by atoms with Crippen molar-refractivity contribution >= 4 is 16.8 Å². The molecular formula is C15H20N4O. The number of nitrogens with two attached hydrogens (primary N) is 1. The van der Waals surface area contributed by atoms with Crippen molar-refractivity contribution in [2.75, 3.05) is 33.2 Å². The highest BCUT2D eigenvalue weighted by molar-refractivity contribution is 5.84. The van der Waals surface area contributed by atoms with Crippen molar-refractivity contribution in [1.29, 1.82) is 0 Å². The molecule has 2 heterocycles. The molecule has 2 N–H and O–H groups in total. The van der Waals surface area contributed by atoms with E-state index in [9.17, 15) is 4.79 Å². The predicted molar refractivity (Wildman–Crippen MR) is 79.2 cm³/mol. The van der Waals surface area contributed by atoms with Crippen molar-refractivity contribution in [2.45, 2.75) is 6.17 Å². The fourth-order valence-electron chi connectivity index (χ4n) is 2.88. The molecule has 3 rings (SSSR count). The third kappa shape index (κ3) is 2.30. The summed E-state index contributed by atoms with van der Waals surface area (Å²) in [5.74, 6) is -0.295. The SMILES string of the molecule is CN1CCN(C(C(N)=O)n2ccc3ccccc32)CC1. The summed E-state index contributed by atoms with van der Waals surface area (Å²) in [6, 6.07) is 10.1. The van der Waals surface area contributed by atoms with Gasteiger partial charge >= 0.3 is 0 Å². The Hall–Kier alpha value is -1.85. The van der Waals surface area contributed by atoms with Gasteiger partial charge in [-0.15, -0.1) is 0 Å². The van der Waals surface area contributed by atoms with Gasteiger partial charge in [-0.05, 0) is 24.6 Å². The van der Waals surface area contributed by atoms with Gasteiger partial charge in [0.15, 0.2) is 6.17 Å². The van der Waals surface area contributed by atoms with Crippen LogP contribution < -0.4 is 5.73 Å². The maximum absolute atomic E-state index is 12.0. The fourth-order valence-corrected chi connectivity index (χ4v) is 2.88. The fraction of sp³-hybridized carbons (Fsp3) is 0.400. The number of likely N-dealkylation sites (N-methyl/N-ethyl adjacent to an activating group) is 1. The van der Waals surface area contributed by atoms with Crippen LogP contribution in [0.25, 0.3) is 10.9 Å². The highest BCUT2D eigenvalue weighted by Gasteiger charge is 2.28. The number of rotatable bonds is 3. The van der Waals surface area contributed by atoms with Gasteiger partial charge in [0, 0.05) is 37.9 Å². The molecule has 5 nitrogen and oxygen atoms in total. The summed E-state index contributed by atoms with van der Waals surface area (Å²) in [6.45, 7) is 3.64. The van der Waals surface area contributed by atoms with Gasteiger partial charge in [-0.25, -0.2) is 0 Å². The highest BCUT2D eigenvalue weighted by Crippen LogP contribution is 2.23. The molecule has 0 saturated carbocycles. The Morgan fingerprint density at radius 1 is 1.15 bits per heavy atom. The summed E-state index contributed by atoms with van der Waals surface area (Å²) in [5, 5.41) is 1.13. The van der Waals surface area contributed by atoms with Crippen molar-refractivity contribution in [2.24, 2.45) is 5.73 Å². The van der Waals surface area contributed by atoms with Crippen LogP contribution in [0.1, 0.15) is 6.17 Å². The van der Waals surface area contributed by atoms with Gasteiger partial charge in [-0.2, -0.15) is 0 Å². The second-order valence-corrected chi connectivity index (χ2v) is 5.40. The van der Waals surface area contributed by atoms with Gasteiger partial charge in [0.2, 0.25) is 0 Å². The summed E-state index contributed by atoms with van der Waals surface area (Å²) in [6.07, 6.45) is 1.56. The van der Waals surface area contributed by atoms with Crippen LogP contribution >= 0.6 is 0 Å². The zero-order chi connectivity index (χ0) is 14.1. The van der Waals surface area contributed by atoms with E-state index in [1.54, 1.807) is 0 Å². The molecule has 1 fully saturated rings. The number of amides is 1. The number of carbonyl (C=O) groups excluding carboxylic acids is 1. The van der Waals surface area contributed by atoms with Crippen LogP contribution in [-0.2, 0) is 4.79 Å². The average molecular weight is 272 g/mol. The molecule has 2 aromatic rings. The minimum Gasteiger partial charge on any atom is -0.367 e. The molecule has 1 saturated heterocycles. The van der Waals surface area contributed by atoms with Crippen LogP contribution in [0.15, 0.2) is 36.5 Å². The number of hydrogen-bond donors (Lipinski definition) is 1. The van der Waals surface area contributed by atoms with Crippen molar-refractivity contribution in [3.05, 3.63) is 36.5 Å². The summed E-state index contributed by atoms with van der Waals surface area (Å²) < 4.78 is 1.99. The van der Waals surface area contributed by atoms with Crippen LogP contribution in [0, 0.1) is 0 Å². The maximum atomic E-state index is 12.0. The monoisotopic (exact) mass is 272 g/mol. The molecule has 0 spiro atoms. The lowest BCUT2D eigenvalue weighted by molar-refractivity contribution is -0.127. The zero-order valence-electron chi connectivity index (χ0n) is 11.7. The molecule has 1 unspecified atom stereocenters. The number of nitrogens with zero attached hydrogens (tertiary/aromatic N) is 3. The number of aromatic nitrogens is 1. The smallest absolute Gasteiger partial charge is 0.255 e. The van der Waals surface area contributed by atoms with Crippen molar-refractivity contribution in [3.63, 3.8) is 0 Å². The zero-order valence-corrected chi connectivity index (χ0v) is 11.7. The van der Waals surface area contributed by atoms with Gasteiger partial charge in [0.1, 0.15) is 0 Å². The second-order valence-electron chi connectivity index (χ2n) is 5.40. The largest absolute Gasteiger partial charge is 0.367 e. The first-order chi connectivity index (χ1) is 9.66. The molecule has 0 aliphatic carbocycles. The molecule has 1 aromatic carbocycles. The number of fused-ring (bicyclic) bond motifs is 1. The third-order valence-electron chi connectivity index (χ3n) is 4.03. The van der Waals surface area contributed by atoms with Crippen LogP contribution in [0.2, 0.25) is 0 Å². The van der Waals surface area contributed by atoms with E-state index in [2.05, 4.69) is 16.8 Å². The summed E-state index contributed by atoms with van der Waals surface area (Å²) in [4.78, 5) is 16.4. The van der Waals surface area contributed by atoms with E-state index >= 15 is 0 Å². The van der Waals surface area contributed by atoms with Crippen molar-refractivity contribution < 1.29 is 4.79 Å². The molecule has 1 amide bonds. The average Bonchev–Trinajstić information content (AvgIpc) is 2.85. The molecule has 1 aromatic heterocycles. The number of carbonyl (C=O) groups is 1. The van der Waals surface area contributed by atoms with Crippen LogP contribution in [0.4, 0.5) is 0 Å². The topological polar surface area (TPSA) is 54.5 Å². The Morgan fingerprint density at radius 3 is 2.55 bits per heavy atom. The van der Waals surface area contributed by atoms with Gasteiger partial charge < -0.3 is 15.2 Å². The molecule has 106 valence electrons. The molecular weight excluding hydrogens is 252 g/mol. The lowest BCUT2D eigenvalue weighted by atomic mass is 10.2. The summed E-state index contributed by atoms with van der Waals surface area (Å²) in [7, 11) is 2.10. The normalized spacial score (nSPS) is 19.2. The van der Waals surface area contributed by atoms with E-state index in [1.165, 1.54) is 0 Å². The number of benzene rings is 1. The minimum atomic E-state index is -0.399. The van der Waals surface area contributed by atoms with Crippen molar-refractivity contribution in [3.8, 4) is 0 Å². The van der Waals surface area contributed by atoms with Gasteiger partial charge in [-0.3, -0.25) is 9.69 Å². The molecule has 1 atom stereocenters. The van der Waals surface area contributed by atoms with Crippen LogP contribution in [-0.4, -0.2) is 53.5 Å². The van der Waals surface area contributed by atoms with Crippen molar-refractivity contribution in [1.82, 2.24) is 14.4 Å². The standard InChI is InChI=1S/C15H20N4O/c1-17-8-10-18(11-9-17)15(14(16)20)19-7-6-12-4-2-3-5-13(12)19/h2-7,15H,8-11H2,1H3,(H2,16,20). The first kappa shape index (κ1) is 13.1. The highest BCUT2D eigenvalue weighted by atomic mass is 16.1. The lowest BCUT2D eigenvalue weighted by Crippen LogP contribution is -2.50. The maximum Gasteiger partial charge on any atom is 0.255 e. The number of hydrogen-bond acceptors (Lipinski definition) is 3. The molecule has 5 heteroatoms. The number of primary amides is 1. The predicted octanol–water partition coefficient (Wildman–Crippen LogP) is 0.873. The molecule has 0 radical (unpaired) electrons. The second kappa shape index (κ2) is 5.26. The van der Waals surface area contributed by atoms with E-state index in [0.29, 0.717) is 0 Å². The molecule has 1 aliphatic heterocycles. The summed E-state index contributed by atoms with van der Waals surface area (Å²) >= 11 is 0. The molecule has 20 heavy (non-hydrogen) atoms. The first-order valence-electron chi connectivity index (χ1n) is 6.94. The number of piperazine rings is 1. The van der Waals surface area contributed by atoms with Gasteiger partial charge in [-0.1, -0.05) is 18.2 Å². The number of para-hydroxylation sites is 1. The lowest BCUT2D eigenvalue weighted by Gasteiger charge is -2.37. The van der Waals surface area contributed by atoms with E-state index < -0.39 is 6.17 Å². The Bertz CT molecular complexity index is 613. The first-order valence-corrected chi connectivity index (χ1v) is 6.94. The quantitative estimate of drug-likeness (QED) is 0.902. The van der Waals surface area contributed by atoms with Crippen LogP contribution in [0.3, 0.4) is 0 Å². The van der Waals surface area contributed by atoms with E-state index in [0.717, 1.165) is 37.1 Å².